The van der Waals surface area contributed by atoms with E-state index >= 15 is 0 Å². The summed E-state index contributed by atoms with van der Waals surface area (Å²) < 4.78 is 31.7. The molecule has 96 valence electrons. The smallest absolute Gasteiger partial charge is 0.248 e. The van der Waals surface area contributed by atoms with Crippen molar-refractivity contribution in [1.29, 1.82) is 0 Å². The summed E-state index contributed by atoms with van der Waals surface area (Å²) in [6.45, 7) is 7.37. The molecule has 5 heteroatoms. The SMILES string of the molecule is C=CC(CCCCCC)OS(=O)(=O)OCC. The zero-order valence-corrected chi connectivity index (χ0v) is 11.0. The molecule has 0 aliphatic carbocycles. The van der Waals surface area contributed by atoms with Crippen molar-refractivity contribution in [3.8, 4) is 0 Å². The number of hydrogen-bond donors (Lipinski definition) is 0. The lowest BCUT2D eigenvalue weighted by molar-refractivity contribution is 0.180. The van der Waals surface area contributed by atoms with Gasteiger partial charge in [0.1, 0.15) is 0 Å². The molecular weight excluding hydrogens is 228 g/mol. The van der Waals surface area contributed by atoms with E-state index in [1.807, 2.05) is 0 Å². The van der Waals surface area contributed by atoms with Crippen LogP contribution in [0.15, 0.2) is 12.7 Å². The van der Waals surface area contributed by atoms with E-state index in [9.17, 15) is 8.42 Å². The lowest BCUT2D eigenvalue weighted by Gasteiger charge is -2.12. The molecule has 16 heavy (non-hydrogen) atoms. The van der Waals surface area contributed by atoms with Crippen LogP contribution in [0.2, 0.25) is 0 Å². The van der Waals surface area contributed by atoms with Gasteiger partial charge in [-0.15, -0.1) is 6.58 Å². The molecule has 0 amide bonds. The second-order valence-electron chi connectivity index (χ2n) is 3.53. The van der Waals surface area contributed by atoms with Crippen molar-refractivity contribution < 1.29 is 16.8 Å². The van der Waals surface area contributed by atoms with E-state index in [-0.39, 0.29) is 6.61 Å². The van der Waals surface area contributed by atoms with Crippen LogP contribution < -0.4 is 0 Å². The third kappa shape index (κ3) is 7.84. The normalized spacial score (nSPS) is 13.6. The number of unbranched alkanes of at least 4 members (excludes halogenated alkanes) is 3. The summed E-state index contributed by atoms with van der Waals surface area (Å²) in [7, 11) is -3.86. The molecule has 0 rings (SSSR count). The van der Waals surface area contributed by atoms with Crippen LogP contribution in [0.4, 0.5) is 0 Å². The molecule has 0 saturated heterocycles. The highest BCUT2D eigenvalue weighted by Crippen LogP contribution is 2.12. The van der Waals surface area contributed by atoms with E-state index < -0.39 is 16.5 Å². The average Bonchev–Trinajstić information content (AvgIpc) is 2.22. The Morgan fingerprint density at radius 3 is 2.44 bits per heavy atom. The standard InChI is InChI=1S/C11H22O4S/c1-4-7-8-9-10-11(5-2)15-16(12,13)14-6-3/h5,11H,2,4,6-10H2,1,3H3. The molecule has 0 heterocycles. The van der Waals surface area contributed by atoms with Crippen LogP contribution in [0.1, 0.15) is 46.0 Å². The molecule has 0 aromatic heterocycles. The maximum Gasteiger partial charge on any atom is 0.400 e. The van der Waals surface area contributed by atoms with Gasteiger partial charge in [-0.25, -0.2) is 8.37 Å². The minimum atomic E-state index is -3.86. The Balaban J connectivity index is 3.95. The Kier molecular flexibility index (Phi) is 8.51. The highest BCUT2D eigenvalue weighted by atomic mass is 32.3. The molecule has 0 fully saturated rings. The molecule has 0 saturated carbocycles. The molecule has 1 atom stereocenters. The van der Waals surface area contributed by atoms with E-state index in [0.717, 1.165) is 25.7 Å². The van der Waals surface area contributed by atoms with E-state index in [2.05, 4.69) is 17.7 Å². The first-order chi connectivity index (χ1) is 7.55. The van der Waals surface area contributed by atoms with Gasteiger partial charge in [0.15, 0.2) is 0 Å². The summed E-state index contributed by atoms with van der Waals surface area (Å²) in [4.78, 5) is 0. The van der Waals surface area contributed by atoms with Crippen molar-refractivity contribution in [2.45, 2.75) is 52.1 Å². The van der Waals surface area contributed by atoms with Gasteiger partial charge in [-0.05, 0) is 13.3 Å². The van der Waals surface area contributed by atoms with Crippen molar-refractivity contribution in [3.05, 3.63) is 12.7 Å². The highest BCUT2D eigenvalue weighted by Gasteiger charge is 2.16. The Hall–Kier alpha value is -0.390. The third-order valence-corrected chi connectivity index (χ3v) is 3.12. The minimum Gasteiger partial charge on any atom is -0.248 e. The van der Waals surface area contributed by atoms with Crippen LogP contribution >= 0.6 is 0 Å². The van der Waals surface area contributed by atoms with Gasteiger partial charge < -0.3 is 0 Å². The summed E-state index contributed by atoms with van der Waals surface area (Å²) in [5.74, 6) is 0. The monoisotopic (exact) mass is 250 g/mol. The number of hydrogen-bond acceptors (Lipinski definition) is 4. The summed E-state index contributed by atoms with van der Waals surface area (Å²) in [5, 5.41) is 0. The van der Waals surface area contributed by atoms with Gasteiger partial charge >= 0.3 is 10.4 Å². The van der Waals surface area contributed by atoms with Gasteiger partial charge in [0, 0.05) is 0 Å². The Labute approximate surface area is 99.0 Å². The van der Waals surface area contributed by atoms with E-state index in [1.54, 1.807) is 6.92 Å². The summed E-state index contributed by atoms with van der Waals surface area (Å²) in [6, 6.07) is 0. The van der Waals surface area contributed by atoms with Gasteiger partial charge in [-0.2, -0.15) is 8.42 Å². The van der Waals surface area contributed by atoms with Crippen LogP contribution in [0.25, 0.3) is 0 Å². The first kappa shape index (κ1) is 15.6. The fraction of sp³-hybridized carbons (Fsp3) is 0.818. The predicted octanol–water partition coefficient (Wildman–Crippen LogP) is 2.81. The molecule has 4 nitrogen and oxygen atoms in total. The molecule has 0 aromatic carbocycles. The highest BCUT2D eigenvalue weighted by molar-refractivity contribution is 7.81. The lowest BCUT2D eigenvalue weighted by atomic mass is 10.1. The first-order valence-electron chi connectivity index (χ1n) is 5.76. The van der Waals surface area contributed by atoms with Gasteiger partial charge in [0.05, 0.1) is 12.7 Å². The molecule has 0 bridgehead atoms. The Bertz CT molecular complexity index is 272. The van der Waals surface area contributed by atoms with Crippen LogP contribution in [0, 0.1) is 0 Å². The molecule has 0 spiro atoms. The summed E-state index contributed by atoms with van der Waals surface area (Å²) >= 11 is 0. The maximum atomic E-state index is 11.2. The minimum absolute atomic E-state index is 0.0853. The summed E-state index contributed by atoms with van der Waals surface area (Å²) in [6.07, 6.45) is 6.01. The van der Waals surface area contributed by atoms with E-state index in [0.29, 0.717) is 6.42 Å². The molecule has 0 N–H and O–H groups in total. The van der Waals surface area contributed by atoms with Crippen molar-refractivity contribution >= 4 is 10.4 Å². The van der Waals surface area contributed by atoms with Crippen molar-refractivity contribution in [2.75, 3.05) is 6.61 Å². The van der Waals surface area contributed by atoms with Gasteiger partial charge in [-0.1, -0.05) is 38.7 Å². The quantitative estimate of drug-likeness (QED) is 0.442. The second kappa shape index (κ2) is 8.73. The fourth-order valence-electron chi connectivity index (χ4n) is 1.30. The van der Waals surface area contributed by atoms with Crippen molar-refractivity contribution in [3.63, 3.8) is 0 Å². The largest absolute Gasteiger partial charge is 0.400 e. The van der Waals surface area contributed by atoms with Crippen molar-refractivity contribution in [2.24, 2.45) is 0 Å². The molecule has 1 unspecified atom stereocenters. The third-order valence-electron chi connectivity index (χ3n) is 2.11. The lowest BCUT2D eigenvalue weighted by Crippen LogP contribution is -2.18. The second-order valence-corrected chi connectivity index (χ2v) is 4.78. The average molecular weight is 250 g/mol. The molecular formula is C11H22O4S. The Morgan fingerprint density at radius 1 is 1.25 bits per heavy atom. The molecule has 0 radical (unpaired) electrons. The topological polar surface area (TPSA) is 52.6 Å². The molecule has 0 aliphatic rings. The number of rotatable bonds is 10. The van der Waals surface area contributed by atoms with Crippen LogP contribution in [0.5, 0.6) is 0 Å². The fourth-order valence-corrected chi connectivity index (χ4v) is 2.12. The maximum absolute atomic E-state index is 11.2. The van der Waals surface area contributed by atoms with Gasteiger partial charge in [-0.3, -0.25) is 0 Å². The van der Waals surface area contributed by atoms with Crippen molar-refractivity contribution in [1.82, 2.24) is 0 Å². The van der Waals surface area contributed by atoms with Gasteiger partial charge in [0.25, 0.3) is 0 Å². The first-order valence-corrected chi connectivity index (χ1v) is 7.09. The van der Waals surface area contributed by atoms with Gasteiger partial charge in [0.2, 0.25) is 0 Å². The van der Waals surface area contributed by atoms with E-state index in [1.165, 1.54) is 6.08 Å². The molecule has 0 aliphatic heterocycles. The zero-order valence-electron chi connectivity index (χ0n) is 10.1. The Morgan fingerprint density at radius 2 is 1.94 bits per heavy atom. The van der Waals surface area contributed by atoms with Crippen LogP contribution in [-0.2, 0) is 18.8 Å². The van der Waals surface area contributed by atoms with E-state index in [4.69, 9.17) is 4.18 Å². The molecule has 0 aromatic rings. The predicted molar refractivity (Wildman–Crippen MR) is 64.4 cm³/mol. The summed E-state index contributed by atoms with van der Waals surface area (Å²) in [5.41, 5.74) is 0. The zero-order chi connectivity index (χ0) is 12.4. The van der Waals surface area contributed by atoms with Crippen LogP contribution in [-0.4, -0.2) is 21.1 Å². The van der Waals surface area contributed by atoms with Crippen LogP contribution in [0.3, 0.4) is 0 Å².